The lowest BCUT2D eigenvalue weighted by Gasteiger charge is -2.38. The predicted octanol–water partition coefficient (Wildman–Crippen LogP) is 5.43. The van der Waals surface area contributed by atoms with Gasteiger partial charge in [-0.2, -0.15) is 0 Å². The van der Waals surface area contributed by atoms with E-state index in [-0.39, 0.29) is 23.6 Å². The van der Waals surface area contributed by atoms with E-state index in [1.807, 2.05) is 67.6 Å². The SMILES string of the molecule is CCN(c1ccccc1)S(=O)(=O)c1ccc2c(c1)C1C=CCC1C(c1ccccc1O)N2. The molecule has 0 saturated carbocycles. The number of nitrogens with zero attached hydrogens (tertiary/aromatic N) is 1. The fraction of sp³-hybridized carbons (Fsp3) is 0.231. The molecular formula is C26H26N2O3S. The first-order valence-corrected chi connectivity index (χ1v) is 12.4. The van der Waals surface area contributed by atoms with E-state index in [4.69, 9.17) is 0 Å². The average Bonchev–Trinajstić information content (AvgIpc) is 3.30. The Hall–Kier alpha value is -3.25. The lowest BCUT2D eigenvalue weighted by atomic mass is 9.77. The maximum atomic E-state index is 13.5. The number of anilines is 2. The van der Waals surface area contributed by atoms with Gasteiger partial charge in [0.15, 0.2) is 0 Å². The van der Waals surface area contributed by atoms with Crippen molar-refractivity contribution in [3.8, 4) is 5.75 Å². The summed E-state index contributed by atoms with van der Waals surface area (Å²) in [6, 6.07) is 21.9. The van der Waals surface area contributed by atoms with Crippen LogP contribution in [0.25, 0.3) is 0 Å². The molecule has 1 heterocycles. The highest BCUT2D eigenvalue weighted by Crippen LogP contribution is 2.51. The van der Waals surface area contributed by atoms with Gasteiger partial charge in [0.25, 0.3) is 10.0 Å². The summed E-state index contributed by atoms with van der Waals surface area (Å²) in [5.74, 6) is 0.586. The Morgan fingerprint density at radius 2 is 1.75 bits per heavy atom. The van der Waals surface area contributed by atoms with Crippen LogP contribution in [0.15, 0.2) is 89.8 Å². The van der Waals surface area contributed by atoms with Gasteiger partial charge in [0.1, 0.15) is 5.75 Å². The minimum atomic E-state index is -3.70. The second-order valence-corrected chi connectivity index (χ2v) is 10.2. The Labute approximate surface area is 189 Å². The van der Waals surface area contributed by atoms with Crippen LogP contribution in [0.3, 0.4) is 0 Å². The fourth-order valence-corrected chi connectivity index (χ4v) is 6.51. The van der Waals surface area contributed by atoms with Crippen molar-refractivity contribution in [2.24, 2.45) is 5.92 Å². The van der Waals surface area contributed by atoms with E-state index in [1.54, 1.807) is 12.1 Å². The summed E-state index contributed by atoms with van der Waals surface area (Å²) in [4.78, 5) is 0.295. The van der Waals surface area contributed by atoms with Crippen LogP contribution in [-0.2, 0) is 10.0 Å². The van der Waals surface area contributed by atoms with Crippen molar-refractivity contribution >= 4 is 21.4 Å². The quantitative estimate of drug-likeness (QED) is 0.513. The average molecular weight is 447 g/mol. The van der Waals surface area contributed by atoms with Gasteiger partial charge in [0.2, 0.25) is 0 Å². The monoisotopic (exact) mass is 446 g/mol. The van der Waals surface area contributed by atoms with E-state index in [9.17, 15) is 13.5 Å². The van der Waals surface area contributed by atoms with E-state index < -0.39 is 10.0 Å². The summed E-state index contributed by atoms with van der Waals surface area (Å²) in [5.41, 5.74) is 3.42. The lowest BCUT2D eigenvalue weighted by Crippen LogP contribution is -2.32. The summed E-state index contributed by atoms with van der Waals surface area (Å²) in [6.45, 7) is 2.19. The molecule has 0 spiro atoms. The van der Waals surface area contributed by atoms with E-state index >= 15 is 0 Å². The van der Waals surface area contributed by atoms with Crippen molar-refractivity contribution < 1.29 is 13.5 Å². The number of fused-ring (bicyclic) bond motifs is 3. The molecular weight excluding hydrogens is 420 g/mol. The smallest absolute Gasteiger partial charge is 0.264 e. The summed E-state index contributed by atoms with van der Waals surface area (Å²) in [5, 5.41) is 14.0. The Morgan fingerprint density at radius 1 is 1.00 bits per heavy atom. The number of phenolic OH excluding ortho intramolecular Hbond substituents is 1. The van der Waals surface area contributed by atoms with E-state index in [2.05, 4.69) is 17.5 Å². The molecule has 32 heavy (non-hydrogen) atoms. The molecule has 3 aromatic rings. The van der Waals surface area contributed by atoms with Gasteiger partial charge in [0.05, 0.1) is 16.6 Å². The van der Waals surface area contributed by atoms with Gasteiger partial charge in [-0.3, -0.25) is 4.31 Å². The second kappa shape index (κ2) is 8.02. The van der Waals surface area contributed by atoms with Crippen molar-refractivity contribution in [1.82, 2.24) is 0 Å². The standard InChI is InChI=1S/C26H26N2O3S/c1-2-28(18-9-4-3-5-10-18)32(30,31)19-15-16-24-23(17-19)20-12-8-13-21(20)26(27-24)22-11-6-7-14-25(22)29/h3-12,14-17,20-21,26-27,29H,2,13H2,1H3. The van der Waals surface area contributed by atoms with Crippen molar-refractivity contribution in [2.75, 3.05) is 16.2 Å². The number of nitrogens with one attached hydrogen (secondary N) is 1. The Bertz CT molecular complexity index is 1270. The van der Waals surface area contributed by atoms with Crippen molar-refractivity contribution in [2.45, 2.75) is 30.2 Å². The highest BCUT2D eigenvalue weighted by molar-refractivity contribution is 7.92. The summed E-state index contributed by atoms with van der Waals surface area (Å²) in [7, 11) is -3.70. The number of sulfonamides is 1. The molecule has 1 aliphatic heterocycles. The molecule has 3 unspecified atom stereocenters. The normalized spacial score (nSPS) is 21.5. The van der Waals surface area contributed by atoms with Gasteiger partial charge in [-0.05, 0) is 61.2 Å². The maximum absolute atomic E-state index is 13.5. The Morgan fingerprint density at radius 3 is 2.50 bits per heavy atom. The molecule has 1 aliphatic carbocycles. The van der Waals surface area contributed by atoms with Crippen LogP contribution >= 0.6 is 0 Å². The summed E-state index contributed by atoms with van der Waals surface area (Å²) >= 11 is 0. The Balaban J connectivity index is 1.55. The molecule has 0 bridgehead atoms. The third-order valence-corrected chi connectivity index (χ3v) is 8.42. The lowest BCUT2D eigenvalue weighted by molar-refractivity contribution is 0.402. The molecule has 6 heteroatoms. The largest absolute Gasteiger partial charge is 0.508 e. The first-order valence-electron chi connectivity index (χ1n) is 10.9. The van der Waals surface area contributed by atoms with Gasteiger partial charge in [-0.15, -0.1) is 0 Å². The third kappa shape index (κ3) is 3.35. The molecule has 0 saturated heterocycles. The minimum Gasteiger partial charge on any atom is -0.508 e. The van der Waals surface area contributed by atoms with Crippen LogP contribution < -0.4 is 9.62 Å². The van der Waals surface area contributed by atoms with Crippen molar-refractivity contribution in [1.29, 1.82) is 0 Å². The van der Waals surface area contributed by atoms with Crippen LogP contribution in [0, 0.1) is 5.92 Å². The number of benzene rings is 3. The molecule has 0 amide bonds. The van der Waals surface area contributed by atoms with Gasteiger partial charge in [0, 0.05) is 23.7 Å². The minimum absolute atomic E-state index is 0.0392. The third-order valence-electron chi connectivity index (χ3n) is 6.53. The molecule has 0 aromatic heterocycles. The molecule has 3 aromatic carbocycles. The molecule has 2 N–H and O–H groups in total. The van der Waals surface area contributed by atoms with E-state index in [0.717, 1.165) is 23.2 Å². The van der Waals surface area contributed by atoms with E-state index in [1.165, 1.54) is 4.31 Å². The van der Waals surface area contributed by atoms with Crippen LogP contribution in [-0.4, -0.2) is 20.1 Å². The first kappa shape index (κ1) is 20.6. The maximum Gasteiger partial charge on any atom is 0.264 e. The van der Waals surface area contributed by atoms with Gasteiger partial charge >= 0.3 is 0 Å². The molecule has 2 aliphatic rings. The summed E-state index contributed by atoms with van der Waals surface area (Å²) in [6.07, 6.45) is 5.20. The van der Waals surface area contributed by atoms with Crippen LogP contribution in [0.4, 0.5) is 11.4 Å². The van der Waals surface area contributed by atoms with Gasteiger partial charge in [-0.25, -0.2) is 8.42 Å². The molecule has 0 radical (unpaired) electrons. The summed E-state index contributed by atoms with van der Waals surface area (Å²) < 4.78 is 28.5. The second-order valence-electron chi connectivity index (χ2n) is 8.29. The number of hydrogen-bond acceptors (Lipinski definition) is 4. The number of aromatic hydroxyl groups is 1. The Kier molecular flexibility index (Phi) is 5.18. The first-order chi connectivity index (χ1) is 15.5. The number of para-hydroxylation sites is 2. The fourth-order valence-electron chi connectivity index (χ4n) is 5.00. The predicted molar refractivity (Wildman–Crippen MR) is 128 cm³/mol. The molecule has 0 fully saturated rings. The number of phenols is 1. The number of hydrogen-bond donors (Lipinski definition) is 2. The van der Waals surface area contributed by atoms with Crippen molar-refractivity contribution in [3.05, 3.63) is 96.1 Å². The van der Waals surface area contributed by atoms with Crippen LogP contribution in [0.2, 0.25) is 0 Å². The number of allylic oxidation sites excluding steroid dienone is 2. The van der Waals surface area contributed by atoms with Gasteiger partial charge < -0.3 is 10.4 Å². The van der Waals surface area contributed by atoms with Crippen LogP contribution in [0.5, 0.6) is 5.75 Å². The highest BCUT2D eigenvalue weighted by Gasteiger charge is 2.39. The molecule has 5 nitrogen and oxygen atoms in total. The zero-order valence-corrected chi connectivity index (χ0v) is 18.7. The zero-order chi connectivity index (χ0) is 22.3. The molecule has 3 atom stereocenters. The van der Waals surface area contributed by atoms with E-state index in [0.29, 0.717) is 17.1 Å². The van der Waals surface area contributed by atoms with Crippen LogP contribution in [0.1, 0.15) is 36.4 Å². The highest BCUT2D eigenvalue weighted by atomic mass is 32.2. The molecule has 164 valence electrons. The topological polar surface area (TPSA) is 69.6 Å². The van der Waals surface area contributed by atoms with Crippen molar-refractivity contribution in [3.63, 3.8) is 0 Å². The van der Waals surface area contributed by atoms with Gasteiger partial charge in [-0.1, -0.05) is 48.6 Å². The molecule has 5 rings (SSSR count). The zero-order valence-electron chi connectivity index (χ0n) is 17.8. The number of rotatable bonds is 5.